The Morgan fingerprint density at radius 1 is 1.24 bits per heavy atom. The van der Waals surface area contributed by atoms with Gasteiger partial charge in [-0.2, -0.15) is 0 Å². The SMILES string of the molecule is Cc1nccn1CCN1CC(=O)NC2(CCCCC2)C1=O. The van der Waals surface area contributed by atoms with Gasteiger partial charge in [0, 0.05) is 25.5 Å². The Kier molecular flexibility index (Phi) is 3.69. The number of rotatable bonds is 3. The maximum Gasteiger partial charge on any atom is 0.248 e. The Balaban J connectivity index is 1.71. The van der Waals surface area contributed by atoms with Gasteiger partial charge in [-0.1, -0.05) is 19.3 Å². The van der Waals surface area contributed by atoms with Gasteiger partial charge in [-0.3, -0.25) is 9.59 Å². The molecule has 2 fully saturated rings. The van der Waals surface area contributed by atoms with Gasteiger partial charge < -0.3 is 14.8 Å². The molecule has 1 aromatic rings. The van der Waals surface area contributed by atoms with Crippen LogP contribution in [0.4, 0.5) is 0 Å². The van der Waals surface area contributed by atoms with E-state index in [2.05, 4.69) is 10.3 Å². The fourth-order valence-corrected chi connectivity index (χ4v) is 3.45. The predicted octanol–water partition coefficient (Wildman–Crippen LogP) is 0.853. The fraction of sp³-hybridized carbons (Fsp3) is 0.667. The highest BCUT2D eigenvalue weighted by Crippen LogP contribution is 2.31. The van der Waals surface area contributed by atoms with E-state index in [1.165, 1.54) is 0 Å². The van der Waals surface area contributed by atoms with Gasteiger partial charge in [0.25, 0.3) is 0 Å². The third kappa shape index (κ3) is 2.66. The first-order valence-electron chi connectivity index (χ1n) is 7.69. The Bertz CT molecular complexity index is 546. The van der Waals surface area contributed by atoms with E-state index in [1.807, 2.05) is 17.7 Å². The molecule has 2 amide bonds. The zero-order chi connectivity index (χ0) is 14.9. The largest absolute Gasteiger partial charge is 0.340 e. The summed E-state index contributed by atoms with van der Waals surface area (Å²) in [4.78, 5) is 30.7. The van der Waals surface area contributed by atoms with Crippen LogP contribution in [-0.4, -0.2) is 44.9 Å². The molecule has 6 nitrogen and oxygen atoms in total. The monoisotopic (exact) mass is 290 g/mol. The summed E-state index contributed by atoms with van der Waals surface area (Å²) in [6.45, 7) is 3.35. The van der Waals surface area contributed by atoms with Crippen molar-refractivity contribution in [2.45, 2.75) is 51.1 Å². The van der Waals surface area contributed by atoms with Crippen molar-refractivity contribution in [3.63, 3.8) is 0 Å². The van der Waals surface area contributed by atoms with Crippen molar-refractivity contribution in [2.75, 3.05) is 13.1 Å². The topological polar surface area (TPSA) is 67.2 Å². The lowest BCUT2D eigenvalue weighted by atomic mass is 9.79. The first-order chi connectivity index (χ1) is 10.1. The van der Waals surface area contributed by atoms with Crippen LogP contribution in [0, 0.1) is 6.92 Å². The molecule has 0 unspecified atom stereocenters. The van der Waals surface area contributed by atoms with Gasteiger partial charge >= 0.3 is 0 Å². The van der Waals surface area contributed by atoms with Gasteiger partial charge in [-0.15, -0.1) is 0 Å². The Labute approximate surface area is 124 Å². The summed E-state index contributed by atoms with van der Waals surface area (Å²) in [7, 11) is 0. The van der Waals surface area contributed by atoms with Crippen LogP contribution in [0.5, 0.6) is 0 Å². The highest BCUT2D eigenvalue weighted by molar-refractivity contribution is 5.98. The molecule has 1 aromatic heterocycles. The minimum absolute atomic E-state index is 0.0288. The van der Waals surface area contributed by atoms with Crippen molar-refractivity contribution in [1.29, 1.82) is 0 Å². The molecule has 0 bridgehead atoms. The van der Waals surface area contributed by atoms with E-state index < -0.39 is 5.54 Å². The molecule has 114 valence electrons. The van der Waals surface area contributed by atoms with Crippen molar-refractivity contribution in [2.24, 2.45) is 0 Å². The molecule has 21 heavy (non-hydrogen) atoms. The van der Waals surface area contributed by atoms with E-state index in [4.69, 9.17) is 0 Å². The molecule has 3 rings (SSSR count). The Morgan fingerprint density at radius 3 is 2.67 bits per heavy atom. The minimum atomic E-state index is -0.627. The molecule has 1 spiro atoms. The number of hydrogen-bond donors (Lipinski definition) is 1. The summed E-state index contributed by atoms with van der Waals surface area (Å²) in [5.41, 5.74) is -0.627. The van der Waals surface area contributed by atoms with E-state index in [1.54, 1.807) is 11.1 Å². The van der Waals surface area contributed by atoms with Crippen molar-refractivity contribution in [3.05, 3.63) is 18.2 Å². The number of nitrogens with zero attached hydrogens (tertiary/aromatic N) is 3. The Morgan fingerprint density at radius 2 is 2.00 bits per heavy atom. The number of aryl methyl sites for hydroxylation is 1. The highest BCUT2D eigenvalue weighted by atomic mass is 16.2. The first-order valence-corrected chi connectivity index (χ1v) is 7.69. The number of nitrogens with one attached hydrogen (secondary N) is 1. The van der Waals surface area contributed by atoms with E-state index in [-0.39, 0.29) is 18.4 Å². The second-order valence-corrected chi connectivity index (χ2v) is 6.09. The van der Waals surface area contributed by atoms with E-state index >= 15 is 0 Å². The van der Waals surface area contributed by atoms with Crippen LogP contribution in [0.25, 0.3) is 0 Å². The number of amides is 2. The van der Waals surface area contributed by atoms with Crippen LogP contribution >= 0.6 is 0 Å². The van der Waals surface area contributed by atoms with Crippen LogP contribution in [0.1, 0.15) is 37.9 Å². The van der Waals surface area contributed by atoms with Crippen LogP contribution in [0.3, 0.4) is 0 Å². The lowest BCUT2D eigenvalue weighted by Gasteiger charge is -2.44. The number of carbonyl (C=O) groups is 2. The third-order valence-electron chi connectivity index (χ3n) is 4.65. The van der Waals surface area contributed by atoms with Gasteiger partial charge in [0.2, 0.25) is 11.8 Å². The molecular weight excluding hydrogens is 268 g/mol. The number of imidazole rings is 1. The maximum absolute atomic E-state index is 12.8. The zero-order valence-electron chi connectivity index (χ0n) is 12.5. The van der Waals surface area contributed by atoms with Crippen LogP contribution in [-0.2, 0) is 16.1 Å². The van der Waals surface area contributed by atoms with E-state index in [0.29, 0.717) is 13.1 Å². The molecule has 6 heteroatoms. The van der Waals surface area contributed by atoms with Gasteiger partial charge in [-0.25, -0.2) is 4.98 Å². The molecule has 1 aliphatic heterocycles. The summed E-state index contributed by atoms with van der Waals surface area (Å²) in [6.07, 6.45) is 8.39. The normalized spacial score (nSPS) is 21.7. The highest BCUT2D eigenvalue weighted by Gasteiger charge is 2.46. The maximum atomic E-state index is 12.8. The van der Waals surface area contributed by atoms with Crippen molar-refractivity contribution in [3.8, 4) is 0 Å². The van der Waals surface area contributed by atoms with Crippen molar-refractivity contribution < 1.29 is 9.59 Å². The number of hydrogen-bond acceptors (Lipinski definition) is 3. The molecule has 1 saturated heterocycles. The fourth-order valence-electron chi connectivity index (χ4n) is 3.45. The number of piperazine rings is 1. The van der Waals surface area contributed by atoms with E-state index in [0.717, 1.165) is 37.9 Å². The lowest BCUT2D eigenvalue weighted by Crippen LogP contribution is -2.67. The summed E-state index contributed by atoms with van der Waals surface area (Å²) in [6, 6.07) is 0. The van der Waals surface area contributed by atoms with Crippen molar-refractivity contribution in [1.82, 2.24) is 19.8 Å². The lowest BCUT2D eigenvalue weighted by molar-refractivity contribution is -0.151. The third-order valence-corrected chi connectivity index (χ3v) is 4.65. The minimum Gasteiger partial charge on any atom is -0.340 e. The van der Waals surface area contributed by atoms with Crippen molar-refractivity contribution >= 4 is 11.8 Å². The quantitative estimate of drug-likeness (QED) is 0.897. The second-order valence-electron chi connectivity index (χ2n) is 6.09. The van der Waals surface area contributed by atoms with Gasteiger partial charge in [-0.05, 0) is 19.8 Å². The summed E-state index contributed by atoms with van der Waals surface area (Å²) in [5.74, 6) is 0.995. The van der Waals surface area contributed by atoms with Crippen LogP contribution < -0.4 is 5.32 Å². The summed E-state index contributed by atoms with van der Waals surface area (Å²) < 4.78 is 2.01. The predicted molar refractivity (Wildman–Crippen MR) is 77.5 cm³/mol. The molecule has 0 atom stereocenters. The molecule has 0 aromatic carbocycles. The number of carbonyl (C=O) groups excluding carboxylic acids is 2. The zero-order valence-corrected chi connectivity index (χ0v) is 12.5. The molecular formula is C15H22N4O2. The molecule has 1 N–H and O–H groups in total. The van der Waals surface area contributed by atoms with Crippen LogP contribution in [0.2, 0.25) is 0 Å². The molecule has 0 radical (unpaired) electrons. The summed E-state index contributed by atoms with van der Waals surface area (Å²) >= 11 is 0. The smallest absolute Gasteiger partial charge is 0.248 e. The molecule has 2 heterocycles. The van der Waals surface area contributed by atoms with Crippen LogP contribution in [0.15, 0.2) is 12.4 Å². The van der Waals surface area contributed by atoms with Gasteiger partial charge in [0.1, 0.15) is 11.4 Å². The molecule has 2 aliphatic rings. The standard InChI is InChI=1S/C15H22N4O2/c1-12-16-7-8-18(12)9-10-19-11-13(20)17-15(14(19)21)5-3-2-4-6-15/h7-8H,2-6,9-11H2,1H3,(H,17,20). The number of aromatic nitrogens is 2. The average Bonchev–Trinajstić information content (AvgIpc) is 2.88. The van der Waals surface area contributed by atoms with Gasteiger partial charge in [0.15, 0.2) is 0 Å². The summed E-state index contributed by atoms with van der Waals surface area (Å²) in [5, 5.41) is 2.97. The Hall–Kier alpha value is -1.85. The van der Waals surface area contributed by atoms with Gasteiger partial charge in [0.05, 0.1) is 6.54 Å². The van der Waals surface area contributed by atoms with E-state index in [9.17, 15) is 9.59 Å². The molecule has 1 saturated carbocycles. The average molecular weight is 290 g/mol. The first kappa shape index (κ1) is 14.1. The second kappa shape index (κ2) is 5.50. The molecule has 1 aliphatic carbocycles.